The van der Waals surface area contributed by atoms with E-state index in [2.05, 4.69) is 15.4 Å². The van der Waals surface area contributed by atoms with Crippen LogP contribution < -0.4 is 10.6 Å². The standard InChI is InChI=1S/2C23H30N2O7.C13H14N2O3.C10H18O5/c2*1-21(2,3)31-19(28)24-17(26)23(25(18(24)27)20(29)32-22(4,5)6)12-16(13-23)30-14-15-10-8-7-9-11-15;16-11-13(15-12(17)14-11)6-10(7-13)18-8-9-4-2-1-3-5-9;1-9(2,3)14-7(11)13-8(12)15-10(4,5)6/h2*7-11,16H,12-14H2,1-6H3;1-5,10H,6-8H2,(H2,14,15,16,17);1-6H3. The number of ether oxygens (including phenoxy) is 10. The van der Waals surface area contributed by atoms with Gasteiger partial charge in [0.25, 0.3) is 17.7 Å². The third-order valence-corrected chi connectivity index (χ3v) is 14.5. The number of carbonyl (C=O) groups is 12. The minimum atomic E-state index is -1.53. The van der Waals surface area contributed by atoms with Crippen LogP contribution in [0.4, 0.5) is 43.2 Å². The van der Waals surface area contributed by atoms with Gasteiger partial charge in [0.05, 0.1) is 38.1 Å². The lowest BCUT2D eigenvalue weighted by atomic mass is 9.73. The average Bonchev–Trinajstić information content (AvgIpc) is 1.57. The van der Waals surface area contributed by atoms with Crippen LogP contribution in [-0.2, 0) is 81.6 Å². The molecule has 0 bridgehead atoms. The molecule has 3 heterocycles. The second-order valence-corrected chi connectivity index (χ2v) is 30.0. The van der Waals surface area contributed by atoms with Gasteiger partial charge in [-0.1, -0.05) is 91.0 Å². The lowest BCUT2D eigenvalue weighted by molar-refractivity contribution is -0.148. The van der Waals surface area contributed by atoms with Crippen molar-refractivity contribution in [3.05, 3.63) is 108 Å². The first-order valence-corrected chi connectivity index (χ1v) is 31.7. The highest BCUT2D eigenvalue weighted by Crippen LogP contribution is 2.49. The van der Waals surface area contributed by atoms with Gasteiger partial charge in [-0.3, -0.25) is 19.7 Å². The lowest BCUT2D eigenvalue weighted by Crippen LogP contribution is -2.63. The summed E-state index contributed by atoms with van der Waals surface area (Å²) in [4.78, 5) is 150. The second kappa shape index (κ2) is 29.8. The zero-order valence-electron chi connectivity index (χ0n) is 58.5. The number of imide groups is 9. The van der Waals surface area contributed by atoms with Gasteiger partial charge in [0.15, 0.2) is 0 Å². The summed E-state index contributed by atoms with van der Waals surface area (Å²) in [6.07, 6.45) is -5.62. The van der Waals surface area contributed by atoms with Gasteiger partial charge < -0.3 is 52.7 Å². The van der Waals surface area contributed by atoms with Crippen LogP contribution >= 0.6 is 0 Å². The topological polar surface area (TPSA) is 334 Å². The maximum atomic E-state index is 13.2. The lowest BCUT2D eigenvalue weighted by Gasteiger charge is -2.46. The Hall–Kier alpha value is -9.02. The number of nitrogens with zero attached hydrogens (tertiary/aromatic N) is 4. The number of hydrogen-bond donors (Lipinski definition) is 2. The summed E-state index contributed by atoms with van der Waals surface area (Å²) in [5.74, 6) is -1.84. The van der Waals surface area contributed by atoms with Crippen molar-refractivity contribution in [1.29, 1.82) is 0 Å². The summed E-state index contributed by atoms with van der Waals surface area (Å²) in [7, 11) is 0. The van der Waals surface area contributed by atoms with E-state index in [1.165, 1.54) is 0 Å². The summed E-state index contributed by atoms with van der Waals surface area (Å²) < 4.78 is 52.4. The molecule has 28 heteroatoms. The molecule has 6 fully saturated rings. The van der Waals surface area contributed by atoms with Crippen molar-refractivity contribution >= 4 is 72.5 Å². The van der Waals surface area contributed by atoms with Crippen LogP contribution in [0.3, 0.4) is 0 Å². The molecule has 530 valence electrons. The molecule has 3 saturated carbocycles. The number of benzene rings is 3. The predicted octanol–water partition coefficient (Wildman–Crippen LogP) is 12.3. The van der Waals surface area contributed by atoms with Crippen molar-refractivity contribution in [2.45, 2.75) is 252 Å². The van der Waals surface area contributed by atoms with Crippen molar-refractivity contribution in [3.8, 4) is 0 Å². The first-order chi connectivity index (χ1) is 44.6. The van der Waals surface area contributed by atoms with Crippen LogP contribution in [0.15, 0.2) is 91.0 Å². The maximum Gasteiger partial charge on any atom is 0.519 e. The SMILES string of the molecule is CC(C)(C)OC(=O)N1C(=O)N(C(=O)OC(C)(C)C)C2(CC(OCc3ccccc3)C2)C1=O.CC(C)(C)OC(=O)N1C(=O)N(C(=O)OC(C)(C)C)C2(CC(OCc3ccccc3)C2)C1=O.CC(C)(C)OC(=O)OC(=O)OC(C)(C)C.O=C1NC(=O)C2(CC(OCc3ccccc3)C2)N1. The largest absolute Gasteiger partial charge is 0.519 e. The quantitative estimate of drug-likeness (QED) is 0.0870. The molecular formula is C69H92N6O22. The van der Waals surface area contributed by atoms with E-state index in [0.717, 1.165) is 26.5 Å². The summed E-state index contributed by atoms with van der Waals surface area (Å²) >= 11 is 0. The van der Waals surface area contributed by atoms with E-state index in [9.17, 15) is 57.5 Å². The van der Waals surface area contributed by atoms with E-state index in [1.807, 2.05) is 91.0 Å². The molecule has 28 nitrogen and oxygen atoms in total. The van der Waals surface area contributed by atoms with Gasteiger partial charge in [-0.15, -0.1) is 0 Å². The van der Waals surface area contributed by atoms with Gasteiger partial charge in [-0.25, -0.2) is 53.0 Å². The van der Waals surface area contributed by atoms with Crippen LogP contribution in [0.25, 0.3) is 0 Å². The Morgan fingerprint density at radius 1 is 0.392 bits per heavy atom. The number of urea groups is 3. The van der Waals surface area contributed by atoms with E-state index < -0.39 is 117 Å². The molecule has 0 atom stereocenters. The minimum Gasteiger partial charge on any atom is -0.443 e. The first kappa shape index (κ1) is 77.0. The Morgan fingerprint density at radius 3 is 0.918 bits per heavy atom. The fourth-order valence-electron chi connectivity index (χ4n) is 10.4. The average molecular weight is 1360 g/mol. The van der Waals surface area contributed by atoms with Crippen molar-refractivity contribution in [3.63, 3.8) is 0 Å². The van der Waals surface area contributed by atoms with Crippen LogP contribution in [-0.4, -0.2) is 161 Å². The molecule has 0 aromatic heterocycles. The van der Waals surface area contributed by atoms with Crippen LogP contribution in [0.2, 0.25) is 0 Å². The van der Waals surface area contributed by atoms with Crippen LogP contribution in [0.1, 0.15) is 180 Å². The molecule has 6 aliphatic rings. The third kappa shape index (κ3) is 21.0. The zero-order valence-corrected chi connectivity index (χ0v) is 58.5. The Labute approximate surface area is 564 Å². The Morgan fingerprint density at radius 2 is 0.660 bits per heavy atom. The highest BCUT2D eigenvalue weighted by atomic mass is 16.8. The van der Waals surface area contributed by atoms with Gasteiger partial charge in [0.2, 0.25) is 0 Å². The molecule has 3 aliphatic carbocycles. The van der Waals surface area contributed by atoms with Gasteiger partial charge in [0.1, 0.15) is 50.2 Å². The second-order valence-electron chi connectivity index (χ2n) is 30.0. The number of amides is 13. The van der Waals surface area contributed by atoms with E-state index >= 15 is 0 Å². The van der Waals surface area contributed by atoms with Crippen LogP contribution in [0, 0.1) is 0 Å². The zero-order chi connectivity index (χ0) is 72.7. The normalized spacial score (nSPS) is 22.8. The first-order valence-electron chi connectivity index (χ1n) is 31.7. The summed E-state index contributed by atoms with van der Waals surface area (Å²) in [6, 6.07) is 26.4. The third-order valence-electron chi connectivity index (χ3n) is 14.5. The predicted molar refractivity (Wildman–Crippen MR) is 344 cm³/mol. The fourth-order valence-corrected chi connectivity index (χ4v) is 10.4. The number of rotatable bonds is 9. The van der Waals surface area contributed by atoms with Crippen molar-refractivity contribution in [2.24, 2.45) is 0 Å². The van der Waals surface area contributed by atoms with Gasteiger partial charge >= 0.3 is 54.8 Å². The molecule has 3 spiro atoms. The fraction of sp³-hybridized carbons (Fsp3) is 0.565. The molecule has 3 saturated heterocycles. The van der Waals surface area contributed by atoms with E-state index in [4.69, 9.17) is 42.6 Å². The summed E-state index contributed by atoms with van der Waals surface area (Å²) in [5.41, 5.74) is -5.77. The number of carbonyl (C=O) groups excluding carboxylic acids is 12. The van der Waals surface area contributed by atoms with Crippen molar-refractivity contribution in [2.75, 3.05) is 0 Å². The molecular weight excluding hydrogens is 1260 g/mol. The van der Waals surface area contributed by atoms with Crippen molar-refractivity contribution in [1.82, 2.24) is 30.2 Å². The number of nitrogens with one attached hydrogen (secondary N) is 2. The Bertz CT molecular complexity index is 3220. The molecule has 0 radical (unpaired) electrons. The molecule has 13 amide bonds. The Balaban J connectivity index is 0.000000214. The maximum absolute atomic E-state index is 13.2. The molecule has 97 heavy (non-hydrogen) atoms. The van der Waals surface area contributed by atoms with Gasteiger partial charge in [-0.2, -0.15) is 9.80 Å². The van der Waals surface area contributed by atoms with Crippen molar-refractivity contribution < 1.29 is 105 Å². The molecule has 3 aliphatic heterocycles. The highest BCUT2D eigenvalue weighted by Gasteiger charge is 2.70. The highest BCUT2D eigenvalue weighted by molar-refractivity contribution is 6.22. The van der Waals surface area contributed by atoms with E-state index in [1.54, 1.807) is 125 Å². The Kier molecular flexibility index (Phi) is 23.6. The van der Waals surface area contributed by atoms with E-state index in [0.29, 0.717) is 42.5 Å². The molecule has 9 rings (SSSR count). The smallest absolute Gasteiger partial charge is 0.443 e. The molecule has 0 unspecified atom stereocenters. The summed E-state index contributed by atoms with van der Waals surface area (Å²) in [6.45, 7) is 30.8. The number of hydrogen-bond acceptors (Lipinski definition) is 22. The van der Waals surface area contributed by atoms with Gasteiger partial charge in [-0.05, 0) is 141 Å². The summed E-state index contributed by atoms with van der Waals surface area (Å²) in [5, 5.41) is 4.92. The minimum absolute atomic E-state index is 0.0364. The van der Waals surface area contributed by atoms with Crippen LogP contribution in [0.5, 0.6) is 0 Å². The molecule has 3 aromatic carbocycles. The monoisotopic (exact) mass is 1360 g/mol. The molecule has 3 aromatic rings. The molecule has 2 N–H and O–H groups in total. The van der Waals surface area contributed by atoms with E-state index in [-0.39, 0.29) is 49.9 Å². The van der Waals surface area contributed by atoms with Gasteiger partial charge in [0, 0.05) is 38.5 Å².